The maximum absolute atomic E-state index is 13.1. The summed E-state index contributed by atoms with van der Waals surface area (Å²) < 4.78 is 5.57. The number of para-hydroxylation sites is 2. The molecule has 8 heteroatoms. The highest BCUT2D eigenvalue weighted by Crippen LogP contribution is 2.56. The van der Waals surface area contributed by atoms with Gasteiger partial charge in [-0.1, -0.05) is 36.0 Å². The number of fused-ring (bicyclic) bond motifs is 4. The highest BCUT2D eigenvalue weighted by Gasteiger charge is 2.58. The molecule has 5 rings (SSSR count). The Labute approximate surface area is 164 Å². The normalized spacial score (nSPS) is 20.3. The van der Waals surface area contributed by atoms with Crippen molar-refractivity contribution in [2.45, 2.75) is 29.2 Å². The van der Waals surface area contributed by atoms with E-state index in [2.05, 4.69) is 9.97 Å². The van der Waals surface area contributed by atoms with Gasteiger partial charge in [-0.15, -0.1) is 0 Å². The van der Waals surface area contributed by atoms with E-state index < -0.39 is 10.8 Å². The van der Waals surface area contributed by atoms with Gasteiger partial charge in [0.25, 0.3) is 0 Å². The fourth-order valence-electron chi connectivity index (χ4n) is 3.73. The third-order valence-electron chi connectivity index (χ3n) is 5.00. The lowest BCUT2D eigenvalue weighted by molar-refractivity contribution is -0.148. The number of anilines is 2. The predicted octanol–water partition coefficient (Wildman–Crippen LogP) is 2.88. The highest BCUT2D eigenvalue weighted by molar-refractivity contribution is 8.02. The Balaban J connectivity index is 1.41. The number of ether oxygens (including phenoxy) is 1. The maximum Gasteiger partial charge on any atom is 0.343 e. The number of rotatable bonds is 3. The number of hydrogen-bond acceptors (Lipinski definition) is 7. The monoisotopic (exact) mass is 392 g/mol. The van der Waals surface area contributed by atoms with Gasteiger partial charge in [0.15, 0.2) is 17.3 Å². The first-order valence-electron chi connectivity index (χ1n) is 8.88. The van der Waals surface area contributed by atoms with Gasteiger partial charge >= 0.3 is 5.97 Å². The van der Waals surface area contributed by atoms with Gasteiger partial charge in [-0.2, -0.15) is 0 Å². The second kappa shape index (κ2) is 6.20. The van der Waals surface area contributed by atoms with E-state index in [9.17, 15) is 9.59 Å². The quantitative estimate of drug-likeness (QED) is 0.684. The number of nitrogens with two attached hydrogens (primary N) is 1. The van der Waals surface area contributed by atoms with Gasteiger partial charge in [0.1, 0.15) is 5.82 Å². The third kappa shape index (κ3) is 2.45. The first-order valence-corrected chi connectivity index (χ1v) is 9.70. The van der Waals surface area contributed by atoms with Crippen LogP contribution in [0.1, 0.15) is 18.7 Å². The fraction of sp³-hybridized carbons (Fsp3) is 0.200. The van der Waals surface area contributed by atoms with Crippen molar-refractivity contribution in [3.05, 3.63) is 54.4 Å². The summed E-state index contributed by atoms with van der Waals surface area (Å²) in [6.45, 7) is -0.103. The molecule has 0 saturated carbocycles. The molecule has 0 aliphatic carbocycles. The van der Waals surface area contributed by atoms with Crippen LogP contribution in [0.4, 0.5) is 11.5 Å². The van der Waals surface area contributed by atoms with Gasteiger partial charge in [0.05, 0.1) is 11.2 Å². The molecular weight excluding hydrogens is 376 g/mol. The Hall–Kier alpha value is -3.13. The number of amides is 1. The molecule has 140 valence electrons. The summed E-state index contributed by atoms with van der Waals surface area (Å²) in [5, 5.41) is 0.755. The van der Waals surface area contributed by atoms with E-state index in [0.717, 1.165) is 16.0 Å². The number of carbonyl (C=O) groups excluding carboxylic acids is 2. The van der Waals surface area contributed by atoms with Gasteiger partial charge in [0.2, 0.25) is 5.91 Å². The molecule has 0 radical (unpaired) electrons. The summed E-state index contributed by atoms with van der Waals surface area (Å²) in [6.07, 6.45) is 0.723. The average Bonchev–Trinajstić information content (AvgIpc) is 3.22. The van der Waals surface area contributed by atoms with E-state index in [1.807, 2.05) is 48.5 Å². The number of nitrogens with zero attached hydrogens (tertiary/aromatic N) is 3. The Morgan fingerprint density at radius 3 is 2.86 bits per heavy atom. The molecule has 7 nitrogen and oxygen atoms in total. The van der Waals surface area contributed by atoms with Crippen molar-refractivity contribution < 1.29 is 14.3 Å². The lowest BCUT2D eigenvalue weighted by Gasteiger charge is -2.28. The van der Waals surface area contributed by atoms with Crippen LogP contribution >= 0.6 is 11.8 Å². The summed E-state index contributed by atoms with van der Waals surface area (Å²) in [5.74, 6) is 0.142. The van der Waals surface area contributed by atoms with Crippen LogP contribution in [-0.4, -0.2) is 26.7 Å². The van der Waals surface area contributed by atoms with Crippen molar-refractivity contribution in [2.75, 3.05) is 10.6 Å². The molecule has 1 aromatic heterocycles. The molecule has 2 aliphatic rings. The van der Waals surface area contributed by atoms with Crippen molar-refractivity contribution in [1.82, 2.24) is 9.97 Å². The van der Waals surface area contributed by atoms with Crippen molar-refractivity contribution in [1.29, 1.82) is 0 Å². The van der Waals surface area contributed by atoms with E-state index in [0.29, 0.717) is 30.0 Å². The molecular formula is C20H16N4O3S. The minimum absolute atomic E-state index is 0.0689. The Bertz CT molecular complexity index is 1140. The molecule has 0 bridgehead atoms. The lowest BCUT2D eigenvalue weighted by Crippen LogP contribution is -2.47. The standard InChI is InChI=1S/C20H16N4O3S/c21-18-12-5-1-2-6-13(12)22-16(23-18)11-27-19(26)20-10-9-17(25)24(20)14-7-3-4-8-15(14)28-20/h1-8H,9-11H2,(H2,21,22,23). The van der Waals surface area contributed by atoms with E-state index in [1.54, 1.807) is 4.90 Å². The van der Waals surface area contributed by atoms with Crippen molar-refractivity contribution >= 4 is 46.0 Å². The molecule has 1 saturated heterocycles. The fourth-order valence-corrected chi connectivity index (χ4v) is 5.14. The predicted molar refractivity (Wildman–Crippen MR) is 105 cm³/mol. The Morgan fingerprint density at radius 2 is 1.96 bits per heavy atom. The van der Waals surface area contributed by atoms with Gasteiger partial charge in [-0.3, -0.25) is 9.69 Å². The number of esters is 1. The van der Waals surface area contributed by atoms with Crippen LogP contribution in [0.3, 0.4) is 0 Å². The molecule has 28 heavy (non-hydrogen) atoms. The zero-order chi connectivity index (χ0) is 19.3. The minimum atomic E-state index is -1.05. The van der Waals surface area contributed by atoms with Crippen molar-refractivity contribution in [3.63, 3.8) is 0 Å². The zero-order valence-corrected chi connectivity index (χ0v) is 15.6. The molecule has 1 fully saturated rings. The first-order chi connectivity index (χ1) is 13.6. The maximum atomic E-state index is 13.1. The third-order valence-corrected chi connectivity index (χ3v) is 6.46. The van der Waals surface area contributed by atoms with Crippen molar-refractivity contribution in [3.8, 4) is 0 Å². The van der Waals surface area contributed by atoms with E-state index in [-0.39, 0.29) is 12.5 Å². The van der Waals surface area contributed by atoms with E-state index in [4.69, 9.17) is 10.5 Å². The smallest absolute Gasteiger partial charge is 0.343 e. The van der Waals surface area contributed by atoms with Crippen LogP contribution in [0.5, 0.6) is 0 Å². The second-order valence-corrected chi connectivity index (χ2v) is 8.02. The Morgan fingerprint density at radius 1 is 1.18 bits per heavy atom. The van der Waals surface area contributed by atoms with Crippen LogP contribution in [0, 0.1) is 0 Å². The van der Waals surface area contributed by atoms with Gasteiger partial charge < -0.3 is 10.5 Å². The van der Waals surface area contributed by atoms with Crippen molar-refractivity contribution in [2.24, 2.45) is 0 Å². The molecule has 2 aliphatic heterocycles. The average molecular weight is 392 g/mol. The van der Waals surface area contributed by atoms with Gasteiger partial charge in [-0.25, -0.2) is 14.8 Å². The zero-order valence-electron chi connectivity index (χ0n) is 14.8. The van der Waals surface area contributed by atoms with Crippen LogP contribution in [-0.2, 0) is 20.9 Å². The molecule has 1 atom stereocenters. The summed E-state index contributed by atoms with van der Waals surface area (Å²) in [7, 11) is 0. The minimum Gasteiger partial charge on any atom is -0.455 e. The van der Waals surface area contributed by atoms with Crippen LogP contribution in [0.2, 0.25) is 0 Å². The highest BCUT2D eigenvalue weighted by atomic mass is 32.2. The molecule has 3 heterocycles. The molecule has 1 amide bonds. The largest absolute Gasteiger partial charge is 0.455 e. The molecule has 3 aromatic rings. The number of aromatic nitrogens is 2. The molecule has 1 unspecified atom stereocenters. The van der Waals surface area contributed by atoms with Crippen LogP contribution in [0.15, 0.2) is 53.4 Å². The first kappa shape index (κ1) is 17.0. The number of thioether (sulfide) groups is 1. The number of nitrogen functional groups attached to an aromatic ring is 1. The van der Waals surface area contributed by atoms with E-state index in [1.165, 1.54) is 11.8 Å². The topological polar surface area (TPSA) is 98.4 Å². The summed E-state index contributed by atoms with van der Waals surface area (Å²) in [6, 6.07) is 14.9. The SMILES string of the molecule is Nc1nc(COC(=O)C23CCC(=O)N2c2ccccc2S3)nc2ccccc12. The molecule has 2 N–H and O–H groups in total. The molecule has 0 spiro atoms. The number of carbonyl (C=O) groups is 2. The summed E-state index contributed by atoms with van der Waals surface area (Å²) >= 11 is 1.37. The lowest BCUT2D eigenvalue weighted by atomic mass is 10.2. The van der Waals surface area contributed by atoms with Crippen LogP contribution in [0.25, 0.3) is 10.9 Å². The Kier molecular flexibility index (Phi) is 3.77. The summed E-state index contributed by atoms with van der Waals surface area (Å²) in [4.78, 5) is 35.6. The summed E-state index contributed by atoms with van der Waals surface area (Å²) in [5.41, 5.74) is 7.45. The number of hydrogen-bond donors (Lipinski definition) is 1. The van der Waals surface area contributed by atoms with E-state index >= 15 is 0 Å². The number of benzene rings is 2. The van der Waals surface area contributed by atoms with Crippen LogP contribution < -0.4 is 10.6 Å². The molecule has 2 aromatic carbocycles. The van der Waals surface area contributed by atoms with Gasteiger partial charge in [0, 0.05) is 23.1 Å². The van der Waals surface area contributed by atoms with Gasteiger partial charge in [-0.05, 0) is 24.3 Å². The second-order valence-electron chi connectivity index (χ2n) is 6.70.